The lowest BCUT2D eigenvalue weighted by atomic mass is 10.2. The van der Waals surface area contributed by atoms with Crippen LogP contribution in [0.1, 0.15) is 27.7 Å². The van der Waals surface area contributed by atoms with Crippen LogP contribution < -0.4 is 0 Å². The van der Waals surface area contributed by atoms with Gasteiger partial charge < -0.3 is 25.5 Å². The van der Waals surface area contributed by atoms with Gasteiger partial charge in [-0.05, 0) is 27.7 Å². The van der Waals surface area contributed by atoms with Crippen molar-refractivity contribution in [1.29, 1.82) is 0 Å². The van der Waals surface area contributed by atoms with E-state index in [9.17, 15) is 25.5 Å². The van der Waals surface area contributed by atoms with Crippen molar-refractivity contribution in [2.24, 2.45) is 0 Å². The molecule has 2 aliphatic heterocycles. The summed E-state index contributed by atoms with van der Waals surface area (Å²) in [5.74, 6) is 0. The maximum Gasteiger partial charge on any atom is 0.0793 e. The largest absolute Gasteiger partial charge is 0.392 e. The van der Waals surface area contributed by atoms with Crippen LogP contribution in [0.5, 0.6) is 0 Å². The zero-order valence-electron chi connectivity index (χ0n) is 24.5. The van der Waals surface area contributed by atoms with Gasteiger partial charge in [0.05, 0.1) is 30.5 Å². The Morgan fingerprint density at radius 3 is 0.658 bits per heavy atom. The minimum atomic E-state index is -0.498. The van der Waals surface area contributed by atoms with Crippen molar-refractivity contribution in [2.45, 2.75) is 58.2 Å². The first-order chi connectivity index (χ1) is 18.0. The van der Waals surface area contributed by atoms with Crippen LogP contribution in [0.2, 0.25) is 0 Å². The van der Waals surface area contributed by atoms with Crippen molar-refractivity contribution in [3.63, 3.8) is 0 Å². The number of hydrogen-bond acceptors (Lipinski definition) is 11. The third-order valence-electron chi connectivity index (χ3n) is 7.42. The Hall–Kier alpha value is -0.440. The van der Waals surface area contributed by atoms with E-state index in [4.69, 9.17) is 0 Å². The summed E-state index contributed by atoms with van der Waals surface area (Å²) in [5, 5.41) is 51.0. The van der Waals surface area contributed by atoms with E-state index in [1.807, 2.05) is 27.7 Å². The molecular formula is C27H58N6O5. The molecule has 11 nitrogen and oxygen atoms in total. The normalized spacial score (nSPS) is 25.1. The Bertz CT molecular complexity index is 521. The predicted octanol–water partition coefficient (Wildman–Crippen LogP) is -2.29. The molecule has 38 heavy (non-hydrogen) atoms. The van der Waals surface area contributed by atoms with Gasteiger partial charge in [-0.2, -0.15) is 0 Å². The maximum atomic E-state index is 11.2. The van der Waals surface area contributed by atoms with Crippen LogP contribution in [0.4, 0.5) is 0 Å². The molecule has 2 saturated heterocycles. The van der Waals surface area contributed by atoms with Gasteiger partial charge in [0.1, 0.15) is 0 Å². The highest BCUT2D eigenvalue weighted by molar-refractivity contribution is 4.79. The minimum Gasteiger partial charge on any atom is -0.392 e. The van der Waals surface area contributed by atoms with Gasteiger partial charge in [-0.3, -0.25) is 29.4 Å². The molecule has 0 aliphatic carbocycles. The van der Waals surface area contributed by atoms with E-state index in [-0.39, 0.29) is 0 Å². The van der Waals surface area contributed by atoms with Crippen molar-refractivity contribution in [3.8, 4) is 0 Å². The summed E-state index contributed by atoms with van der Waals surface area (Å²) < 4.78 is 0. The number of aliphatic hydroxyl groups is 5. The second-order valence-electron chi connectivity index (χ2n) is 11.9. The maximum absolute atomic E-state index is 11.2. The first-order valence-corrected chi connectivity index (χ1v) is 14.7. The van der Waals surface area contributed by atoms with Gasteiger partial charge in [0.25, 0.3) is 0 Å². The molecule has 0 aromatic heterocycles. The predicted molar refractivity (Wildman–Crippen MR) is 151 cm³/mol. The summed E-state index contributed by atoms with van der Waals surface area (Å²) in [6, 6.07) is 0. The smallest absolute Gasteiger partial charge is 0.0793 e. The highest BCUT2D eigenvalue weighted by Gasteiger charge is 2.23. The van der Waals surface area contributed by atoms with E-state index in [0.29, 0.717) is 39.3 Å². The summed E-state index contributed by atoms with van der Waals surface area (Å²) in [6.07, 6.45) is -2.06. The van der Waals surface area contributed by atoms with Crippen LogP contribution in [0.3, 0.4) is 0 Å². The Kier molecular flexibility index (Phi) is 16.1. The number of aliphatic hydroxyl groups excluding tert-OH is 5. The zero-order valence-corrected chi connectivity index (χ0v) is 24.5. The van der Waals surface area contributed by atoms with Gasteiger partial charge >= 0.3 is 0 Å². The third-order valence-corrected chi connectivity index (χ3v) is 7.42. The number of hydrogen-bond donors (Lipinski definition) is 5. The van der Waals surface area contributed by atoms with Crippen molar-refractivity contribution in [1.82, 2.24) is 29.4 Å². The highest BCUT2D eigenvalue weighted by atomic mass is 16.3. The van der Waals surface area contributed by atoms with Crippen LogP contribution in [-0.2, 0) is 0 Å². The molecule has 0 saturated carbocycles. The SMILES string of the molecule is C[C@H](O)CN1CCN(CC(O)CN2CCN(C[C@H](C)O)CCN(C[C@H](C)O)CC2)CCN(C[C@H](C)O)CC1. The second kappa shape index (κ2) is 18.1. The second-order valence-corrected chi connectivity index (χ2v) is 11.9. The molecule has 226 valence electrons. The molecule has 0 amide bonds. The molecule has 0 bridgehead atoms. The molecule has 4 atom stereocenters. The monoisotopic (exact) mass is 546 g/mol. The summed E-state index contributed by atoms with van der Waals surface area (Å²) in [6.45, 7) is 21.0. The number of β-amino-alcohol motifs (C(OH)–C–C–N with tert-alkyl or cyclic N) is 5. The van der Waals surface area contributed by atoms with Gasteiger partial charge in [-0.1, -0.05) is 0 Å². The summed E-state index contributed by atoms with van der Waals surface area (Å²) in [5.41, 5.74) is 0. The van der Waals surface area contributed by atoms with Gasteiger partial charge in [0, 0.05) is 118 Å². The lowest BCUT2D eigenvalue weighted by Gasteiger charge is -2.31. The van der Waals surface area contributed by atoms with Crippen molar-refractivity contribution in [3.05, 3.63) is 0 Å². The standard InChI is InChI=1S/C27H58N6O5/c1-23(34)17-28-5-6-29(18-24(2)35)10-14-32(13-9-28)21-27(38)22-33-15-11-30(19-25(3)36)7-8-31(12-16-33)20-26(4)37/h23-27,34-38H,5-22H2,1-4H3/t23-,24-,25-,26-/m0/s1. The van der Waals surface area contributed by atoms with Gasteiger partial charge in [0.15, 0.2) is 0 Å². The molecule has 2 fully saturated rings. The lowest BCUT2D eigenvalue weighted by molar-refractivity contribution is 0.0592. The Labute approximate surface area is 231 Å². The lowest BCUT2D eigenvalue weighted by Crippen LogP contribution is -2.46. The van der Waals surface area contributed by atoms with Crippen LogP contribution in [-0.4, -0.2) is 203 Å². The van der Waals surface area contributed by atoms with E-state index in [1.54, 1.807) is 0 Å². The van der Waals surface area contributed by atoms with Crippen LogP contribution in [0, 0.1) is 0 Å². The summed E-state index contributed by atoms with van der Waals surface area (Å²) in [4.78, 5) is 13.7. The van der Waals surface area contributed by atoms with Crippen LogP contribution >= 0.6 is 0 Å². The quantitative estimate of drug-likeness (QED) is 0.182. The molecule has 2 aliphatic rings. The first-order valence-electron chi connectivity index (χ1n) is 14.7. The first kappa shape index (κ1) is 33.8. The summed E-state index contributed by atoms with van der Waals surface area (Å²) >= 11 is 0. The minimum absolute atomic E-state index is 0.391. The Balaban J connectivity index is 1.99. The molecule has 2 rings (SSSR count). The third kappa shape index (κ3) is 14.8. The average molecular weight is 547 g/mol. The fourth-order valence-electron chi connectivity index (χ4n) is 5.61. The van der Waals surface area contributed by atoms with E-state index in [1.165, 1.54) is 0 Å². The molecule has 0 spiro atoms. The Morgan fingerprint density at radius 2 is 0.500 bits per heavy atom. The van der Waals surface area contributed by atoms with Gasteiger partial charge in [0.2, 0.25) is 0 Å². The molecule has 0 aromatic rings. The number of nitrogens with zero attached hydrogens (tertiary/aromatic N) is 6. The molecular weight excluding hydrogens is 488 g/mol. The van der Waals surface area contributed by atoms with Crippen LogP contribution in [0.25, 0.3) is 0 Å². The van der Waals surface area contributed by atoms with E-state index < -0.39 is 30.5 Å². The molecule has 2 heterocycles. The number of rotatable bonds is 12. The average Bonchev–Trinajstić information content (AvgIpc) is 2.94. The van der Waals surface area contributed by atoms with E-state index in [0.717, 1.165) is 78.5 Å². The topological polar surface area (TPSA) is 121 Å². The molecule has 0 aromatic carbocycles. The van der Waals surface area contributed by atoms with Gasteiger partial charge in [-0.25, -0.2) is 0 Å². The molecule has 0 radical (unpaired) electrons. The molecule has 0 unspecified atom stereocenters. The summed E-state index contributed by atoms with van der Waals surface area (Å²) in [7, 11) is 0. The fraction of sp³-hybridized carbons (Fsp3) is 1.00. The van der Waals surface area contributed by atoms with E-state index >= 15 is 0 Å². The fourth-order valence-corrected chi connectivity index (χ4v) is 5.61. The van der Waals surface area contributed by atoms with Crippen molar-refractivity contribution in [2.75, 3.05) is 118 Å². The molecule has 11 heteroatoms. The van der Waals surface area contributed by atoms with Gasteiger partial charge in [-0.15, -0.1) is 0 Å². The Morgan fingerprint density at radius 1 is 0.342 bits per heavy atom. The van der Waals surface area contributed by atoms with Crippen molar-refractivity contribution >= 4 is 0 Å². The zero-order chi connectivity index (χ0) is 28.1. The van der Waals surface area contributed by atoms with Crippen molar-refractivity contribution < 1.29 is 25.5 Å². The van der Waals surface area contributed by atoms with E-state index in [2.05, 4.69) is 29.4 Å². The molecule has 5 N–H and O–H groups in total. The van der Waals surface area contributed by atoms with Crippen LogP contribution in [0.15, 0.2) is 0 Å². The highest BCUT2D eigenvalue weighted by Crippen LogP contribution is 2.07.